The molecule has 7 heteroatoms. The van der Waals surface area contributed by atoms with Crippen molar-refractivity contribution in [1.82, 2.24) is 14.8 Å². The zero-order valence-electron chi connectivity index (χ0n) is 21.0. The van der Waals surface area contributed by atoms with Gasteiger partial charge in [-0.1, -0.05) is 31.5 Å². The molecule has 182 valence electrons. The number of hydrogen-bond donors (Lipinski definition) is 1. The molecule has 0 radical (unpaired) electrons. The highest BCUT2D eigenvalue weighted by Gasteiger charge is 2.17. The van der Waals surface area contributed by atoms with E-state index >= 15 is 0 Å². The maximum absolute atomic E-state index is 13.2. The number of aryl methyl sites for hydroxylation is 3. The summed E-state index contributed by atoms with van der Waals surface area (Å²) in [7, 11) is 0. The van der Waals surface area contributed by atoms with Crippen LogP contribution in [-0.2, 0) is 0 Å². The fraction of sp³-hybridized carbons (Fsp3) is 0.321. The lowest BCUT2D eigenvalue weighted by Gasteiger charge is -2.14. The maximum atomic E-state index is 13.2. The normalized spacial score (nSPS) is 11.0. The maximum Gasteiger partial charge on any atom is 0.256 e. The first-order valence-corrected chi connectivity index (χ1v) is 12.1. The minimum Gasteiger partial charge on any atom is -0.490 e. The van der Waals surface area contributed by atoms with Crippen LogP contribution in [0.25, 0.3) is 16.7 Å². The number of benzene rings is 2. The number of ether oxygens (including phenoxy) is 2. The minimum atomic E-state index is -0.263. The fourth-order valence-corrected chi connectivity index (χ4v) is 3.97. The molecule has 35 heavy (non-hydrogen) atoms. The van der Waals surface area contributed by atoms with E-state index in [2.05, 4.69) is 30.3 Å². The number of pyridine rings is 1. The number of nitrogens with one attached hydrogen (secondary N) is 1. The van der Waals surface area contributed by atoms with Gasteiger partial charge in [-0.15, -0.1) is 0 Å². The first-order chi connectivity index (χ1) is 16.9. The Labute approximate surface area is 206 Å². The lowest BCUT2D eigenvalue weighted by molar-refractivity contribution is 0.102. The average Bonchev–Trinajstić information content (AvgIpc) is 3.20. The van der Waals surface area contributed by atoms with Crippen molar-refractivity contribution in [2.75, 3.05) is 18.5 Å². The van der Waals surface area contributed by atoms with Crippen LogP contribution in [0.5, 0.6) is 11.5 Å². The number of rotatable bonds is 9. The van der Waals surface area contributed by atoms with Crippen molar-refractivity contribution in [3.05, 3.63) is 70.9 Å². The Bertz CT molecular complexity index is 1360. The first-order valence-electron chi connectivity index (χ1n) is 12.1. The third-order valence-corrected chi connectivity index (χ3v) is 5.79. The van der Waals surface area contributed by atoms with Crippen molar-refractivity contribution < 1.29 is 14.3 Å². The van der Waals surface area contributed by atoms with E-state index in [0.29, 0.717) is 41.9 Å². The highest BCUT2D eigenvalue weighted by atomic mass is 16.5. The average molecular weight is 473 g/mol. The Kier molecular flexibility index (Phi) is 7.34. The second kappa shape index (κ2) is 10.6. The number of hydrogen-bond acceptors (Lipinski definition) is 5. The number of amides is 1. The quantitative estimate of drug-likeness (QED) is 0.295. The molecular formula is C28H32N4O3. The van der Waals surface area contributed by atoms with Gasteiger partial charge in [-0.3, -0.25) is 4.79 Å². The summed E-state index contributed by atoms with van der Waals surface area (Å²) in [6.07, 6.45) is 2.00. The monoisotopic (exact) mass is 472 g/mol. The standard InChI is InChI=1S/C28H32N4O3/c1-6-8-14-35-23-13-12-21(17-24(23)34-7-2)28(33)30-26-16-20(5)31-32(26)25-15-19(4)22-11-9-10-18(3)27(22)29-25/h9-13,15-17H,6-8,14H2,1-5H3,(H,30,33). The summed E-state index contributed by atoms with van der Waals surface area (Å²) in [6.45, 7) is 11.1. The van der Waals surface area contributed by atoms with E-state index in [9.17, 15) is 4.79 Å². The highest BCUT2D eigenvalue weighted by Crippen LogP contribution is 2.30. The van der Waals surface area contributed by atoms with Gasteiger partial charge < -0.3 is 14.8 Å². The second-order valence-corrected chi connectivity index (χ2v) is 8.60. The third-order valence-electron chi connectivity index (χ3n) is 5.79. The van der Waals surface area contributed by atoms with Crippen molar-refractivity contribution in [3.8, 4) is 17.3 Å². The molecule has 0 atom stereocenters. The zero-order chi connectivity index (χ0) is 24.9. The van der Waals surface area contributed by atoms with Crippen LogP contribution < -0.4 is 14.8 Å². The summed E-state index contributed by atoms with van der Waals surface area (Å²) >= 11 is 0. The minimum absolute atomic E-state index is 0.263. The Morgan fingerprint density at radius 1 is 0.971 bits per heavy atom. The van der Waals surface area contributed by atoms with Gasteiger partial charge in [0.2, 0.25) is 0 Å². The lowest BCUT2D eigenvalue weighted by Crippen LogP contribution is -2.16. The van der Waals surface area contributed by atoms with Gasteiger partial charge in [0, 0.05) is 17.0 Å². The Hall–Kier alpha value is -3.87. The van der Waals surface area contributed by atoms with Crippen LogP contribution in [0.4, 0.5) is 5.82 Å². The molecule has 0 spiro atoms. The Morgan fingerprint density at radius 3 is 2.57 bits per heavy atom. The highest BCUT2D eigenvalue weighted by molar-refractivity contribution is 6.04. The van der Waals surface area contributed by atoms with Crippen molar-refractivity contribution in [3.63, 3.8) is 0 Å². The summed E-state index contributed by atoms with van der Waals surface area (Å²) in [5.74, 6) is 2.14. The molecule has 0 aliphatic carbocycles. The van der Waals surface area contributed by atoms with Gasteiger partial charge in [-0.05, 0) is 69.5 Å². The summed E-state index contributed by atoms with van der Waals surface area (Å²) in [5, 5.41) is 8.70. The third kappa shape index (κ3) is 5.29. The molecule has 4 aromatic rings. The van der Waals surface area contributed by atoms with E-state index in [-0.39, 0.29) is 5.91 Å². The summed E-state index contributed by atoms with van der Waals surface area (Å²) in [5.41, 5.74) is 4.36. The lowest BCUT2D eigenvalue weighted by atomic mass is 10.1. The number of fused-ring (bicyclic) bond motifs is 1. The number of unbranched alkanes of at least 4 members (excludes halogenated alkanes) is 1. The first kappa shape index (κ1) is 24.3. The molecule has 1 N–H and O–H groups in total. The van der Waals surface area contributed by atoms with Crippen molar-refractivity contribution in [2.45, 2.75) is 47.5 Å². The van der Waals surface area contributed by atoms with Crippen LogP contribution in [0.2, 0.25) is 0 Å². The van der Waals surface area contributed by atoms with Crippen LogP contribution in [0, 0.1) is 20.8 Å². The van der Waals surface area contributed by atoms with E-state index in [4.69, 9.17) is 14.5 Å². The topological polar surface area (TPSA) is 78.3 Å². The van der Waals surface area contributed by atoms with Crippen molar-refractivity contribution in [1.29, 1.82) is 0 Å². The van der Waals surface area contributed by atoms with Crippen molar-refractivity contribution >= 4 is 22.6 Å². The van der Waals surface area contributed by atoms with Gasteiger partial charge in [-0.2, -0.15) is 9.78 Å². The van der Waals surface area contributed by atoms with Gasteiger partial charge in [-0.25, -0.2) is 4.98 Å². The molecule has 2 aromatic heterocycles. The number of anilines is 1. The molecule has 0 aliphatic heterocycles. The van der Waals surface area contributed by atoms with Crippen LogP contribution in [0.3, 0.4) is 0 Å². The van der Waals surface area contributed by atoms with Crippen LogP contribution in [0.1, 0.15) is 53.9 Å². The van der Waals surface area contributed by atoms with E-state index in [1.54, 1.807) is 22.9 Å². The molecule has 0 unspecified atom stereocenters. The SMILES string of the molecule is CCCCOc1ccc(C(=O)Nc2cc(C)nn2-c2cc(C)c3cccc(C)c3n2)cc1OCC. The Morgan fingerprint density at radius 2 is 1.80 bits per heavy atom. The zero-order valence-corrected chi connectivity index (χ0v) is 21.0. The molecule has 0 bridgehead atoms. The molecule has 0 fully saturated rings. The van der Waals surface area contributed by atoms with Gasteiger partial charge in [0.15, 0.2) is 17.3 Å². The van der Waals surface area contributed by atoms with E-state index in [0.717, 1.165) is 40.6 Å². The number of carbonyl (C=O) groups excluding carboxylic acids is 1. The predicted molar refractivity (Wildman–Crippen MR) is 139 cm³/mol. The summed E-state index contributed by atoms with van der Waals surface area (Å²) < 4.78 is 13.3. The smallest absolute Gasteiger partial charge is 0.256 e. The molecule has 2 heterocycles. The van der Waals surface area contributed by atoms with E-state index in [1.807, 2.05) is 45.0 Å². The molecule has 0 aliphatic rings. The van der Waals surface area contributed by atoms with Gasteiger partial charge in [0.1, 0.15) is 5.82 Å². The molecule has 0 saturated heterocycles. The van der Waals surface area contributed by atoms with Crippen LogP contribution in [-0.4, -0.2) is 33.9 Å². The molecule has 4 rings (SSSR count). The summed E-state index contributed by atoms with van der Waals surface area (Å²) in [4.78, 5) is 18.1. The number of para-hydroxylation sites is 1. The van der Waals surface area contributed by atoms with E-state index < -0.39 is 0 Å². The van der Waals surface area contributed by atoms with E-state index in [1.165, 1.54) is 0 Å². The summed E-state index contributed by atoms with van der Waals surface area (Å²) in [6, 6.07) is 15.2. The number of carbonyl (C=O) groups is 1. The van der Waals surface area contributed by atoms with Crippen LogP contribution in [0.15, 0.2) is 48.5 Å². The molecule has 7 nitrogen and oxygen atoms in total. The molecule has 1 amide bonds. The second-order valence-electron chi connectivity index (χ2n) is 8.60. The largest absolute Gasteiger partial charge is 0.490 e. The number of aromatic nitrogens is 3. The van der Waals surface area contributed by atoms with Crippen molar-refractivity contribution in [2.24, 2.45) is 0 Å². The van der Waals surface area contributed by atoms with Gasteiger partial charge >= 0.3 is 0 Å². The number of nitrogens with zero attached hydrogens (tertiary/aromatic N) is 3. The molecule has 0 saturated carbocycles. The molecular weight excluding hydrogens is 440 g/mol. The molecule has 2 aromatic carbocycles. The van der Waals surface area contributed by atoms with Crippen LogP contribution >= 0.6 is 0 Å². The van der Waals surface area contributed by atoms with Gasteiger partial charge in [0.25, 0.3) is 5.91 Å². The Balaban J connectivity index is 1.64. The fourth-order valence-electron chi connectivity index (χ4n) is 3.97. The predicted octanol–water partition coefficient (Wildman–Crippen LogP) is 6.18. The van der Waals surface area contributed by atoms with Gasteiger partial charge in [0.05, 0.1) is 24.4 Å².